The molecule has 8 heterocycles. The molecule has 0 bridgehead atoms. The van der Waals surface area contributed by atoms with Gasteiger partial charge in [0.15, 0.2) is 0 Å². The van der Waals surface area contributed by atoms with Gasteiger partial charge in [0.1, 0.15) is 11.6 Å². The second-order valence-electron chi connectivity index (χ2n) is 21.4. The van der Waals surface area contributed by atoms with E-state index >= 15 is 0 Å². The van der Waals surface area contributed by atoms with E-state index in [-0.39, 0.29) is 37.4 Å². The summed E-state index contributed by atoms with van der Waals surface area (Å²) in [5.74, 6) is 2.24. The standard InChI is InChI=1S/C32H42N6O2.C30H39N7O2.CH4/c1-7-22(4)37-20-21(3)30-26(31(39)34-19-27-23(5)38(8-2)35-32(27)40-6)16-25(17-28(30)37)24-12-13-29(33-18-24)36-14-10-9-11-15-36;1-6-20(4)36-18-19(3)28-24(29(38)33-17-25-21(5)37(7-2)34-30(25)39)14-23(15-26(28)36)22-8-9-27(32-16-22)35-12-10-31-11-13-35;/h12-13,16-18,20,22H,7-11,14-15,19H2,1-6H3,(H,34,39);8-9,14-16,18,20,31H,6-7,10-13,17H2,1-5H3,(H,33,38)(H,34,39);1H4. The van der Waals surface area contributed by atoms with Crippen molar-refractivity contribution in [1.29, 1.82) is 0 Å². The van der Waals surface area contributed by atoms with Gasteiger partial charge in [0.2, 0.25) is 5.88 Å². The average Bonchev–Trinajstić information content (AvgIpc) is 4.34. The Morgan fingerprint density at radius 3 is 1.59 bits per heavy atom. The first kappa shape index (κ1) is 58.5. The minimum Gasteiger partial charge on any atom is -0.480 e. The van der Waals surface area contributed by atoms with Crippen molar-refractivity contribution < 1.29 is 14.3 Å². The topological polar surface area (TPSA) is 177 Å². The van der Waals surface area contributed by atoms with Crippen LogP contribution in [0.25, 0.3) is 44.1 Å². The number of ether oxygens (including phenoxy) is 1. The van der Waals surface area contributed by atoms with E-state index in [1.54, 1.807) is 11.8 Å². The van der Waals surface area contributed by atoms with E-state index in [0.717, 1.165) is 142 Å². The summed E-state index contributed by atoms with van der Waals surface area (Å²) in [4.78, 5) is 54.3. The lowest BCUT2D eigenvalue weighted by Crippen LogP contribution is -2.43. The smallest absolute Gasteiger partial charge is 0.269 e. The number of pyridine rings is 2. The summed E-state index contributed by atoms with van der Waals surface area (Å²) in [7, 11) is 1.62. The predicted molar refractivity (Wildman–Crippen MR) is 325 cm³/mol. The van der Waals surface area contributed by atoms with Crippen LogP contribution in [0.15, 0.2) is 78.1 Å². The van der Waals surface area contributed by atoms with Gasteiger partial charge in [-0.2, -0.15) is 0 Å². The Labute approximate surface area is 472 Å². The first-order valence-electron chi connectivity index (χ1n) is 28.6. The molecule has 0 saturated carbocycles. The van der Waals surface area contributed by atoms with Gasteiger partial charge in [-0.15, -0.1) is 5.10 Å². The van der Waals surface area contributed by atoms with Crippen LogP contribution in [0.1, 0.15) is 148 Å². The largest absolute Gasteiger partial charge is 0.480 e. The number of aryl methyl sites for hydroxylation is 4. The zero-order chi connectivity index (χ0) is 56.1. The van der Waals surface area contributed by atoms with Crippen molar-refractivity contribution in [3.05, 3.63) is 128 Å². The number of nitrogens with one attached hydrogen (secondary N) is 4. The molecule has 2 aliphatic rings. The monoisotopic (exact) mass is 1090 g/mol. The number of methoxy groups -OCH3 is 1. The van der Waals surface area contributed by atoms with E-state index in [0.29, 0.717) is 41.7 Å². The lowest BCUT2D eigenvalue weighted by Gasteiger charge is -2.28. The average molecular weight is 1090 g/mol. The molecule has 4 N–H and O–H groups in total. The molecule has 426 valence electrons. The number of hydrogen-bond acceptors (Lipinski definition) is 10. The van der Waals surface area contributed by atoms with Crippen molar-refractivity contribution in [3.63, 3.8) is 0 Å². The number of carbonyl (C=O) groups is 2. The van der Waals surface area contributed by atoms with Crippen molar-refractivity contribution in [2.75, 3.05) is 56.2 Å². The van der Waals surface area contributed by atoms with Crippen molar-refractivity contribution >= 4 is 45.3 Å². The summed E-state index contributed by atoms with van der Waals surface area (Å²) in [6.07, 6.45) is 13.9. The van der Waals surface area contributed by atoms with Crippen LogP contribution in [0.3, 0.4) is 0 Å². The Bertz CT molecular complexity index is 3490. The molecule has 17 nitrogen and oxygen atoms in total. The van der Waals surface area contributed by atoms with Gasteiger partial charge < -0.3 is 39.6 Å². The van der Waals surface area contributed by atoms with Crippen molar-refractivity contribution in [2.24, 2.45) is 0 Å². The number of piperazine rings is 1. The summed E-state index contributed by atoms with van der Waals surface area (Å²) < 4.78 is 13.8. The highest BCUT2D eigenvalue weighted by atomic mass is 16.5. The number of rotatable bonds is 17. The number of aromatic nitrogens is 8. The van der Waals surface area contributed by atoms with Crippen LogP contribution >= 0.6 is 0 Å². The number of anilines is 2. The van der Waals surface area contributed by atoms with Gasteiger partial charge >= 0.3 is 0 Å². The molecule has 0 aliphatic carbocycles. The summed E-state index contributed by atoms with van der Waals surface area (Å²) in [6.45, 7) is 28.7. The van der Waals surface area contributed by atoms with E-state index in [2.05, 4.69) is 135 Å². The Hall–Kier alpha value is -7.66. The van der Waals surface area contributed by atoms with E-state index < -0.39 is 0 Å². The quantitative estimate of drug-likeness (QED) is 0.0686. The summed E-state index contributed by atoms with van der Waals surface area (Å²) in [5, 5.41) is 18.9. The molecular formula is C63H85N13O4. The summed E-state index contributed by atoms with van der Waals surface area (Å²) in [5.41, 5.74) is 12.6. The van der Waals surface area contributed by atoms with Crippen molar-refractivity contribution in [3.8, 4) is 28.1 Å². The Morgan fingerprint density at radius 1 is 0.650 bits per heavy atom. The van der Waals surface area contributed by atoms with Crippen LogP contribution < -0.4 is 36.0 Å². The molecular weight excluding hydrogens is 1000 g/mol. The first-order valence-corrected chi connectivity index (χ1v) is 28.6. The van der Waals surface area contributed by atoms with Crippen LogP contribution in [-0.4, -0.2) is 96.9 Å². The minimum absolute atomic E-state index is 0. The van der Waals surface area contributed by atoms with E-state index in [1.807, 2.05) is 56.9 Å². The van der Waals surface area contributed by atoms with Gasteiger partial charge in [-0.25, -0.2) is 9.97 Å². The zero-order valence-corrected chi connectivity index (χ0v) is 48.3. The maximum atomic E-state index is 13.9. The second-order valence-corrected chi connectivity index (χ2v) is 21.4. The fraction of sp³-hybridized carbons (Fsp3) is 0.460. The molecule has 2 fully saturated rings. The summed E-state index contributed by atoms with van der Waals surface area (Å²) >= 11 is 0. The highest BCUT2D eigenvalue weighted by molar-refractivity contribution is 6.10. The van der Waals surface area contributed by atoms with Gasteiger partial charge in [-0.1, -0.05) is 21.3 Å². The van der Waals surface area contributed by atoms with Crippen molar-refractivity contribution in [2.45, 2.75) is 147 Å². The van der Waals surface area contributed by atoms with Crippen molar-refractivity contribution in [1.82, 2.24) is 54.6 Å². The van der Waals surface area contributed by atoms with Crippen LogP contribution in [0.2, 0.25) is 0 Å². The van der Waals surface area contributed by atoms with Gasteiger partial charge in [-0.3, -0.25) is 28.8 Å². The SMILES string of the molecule is C.CCC(C)n1cc(C)c2c(C(=O)NCc3c(C)n(CC)[nH]c3=O)cc(-c3ccc(N4CCNCC4)nc3)cc21.CCC(C)n1cc(C)c2c(C(=O)NCc3c(OC)nn(CC)c3C)cc(-c3ccc(N4CCCCC4)nc3)cc21. The number of carbonyl (C=O) groups excluding carboxylic acids is 2. The van der Waals surface area contributed by atoms with Crippen LogP contribution in [0.5, 0.6) is 5.88 Å². The molecule has 2 atom stereocenters. The van der Waals surface area contributed by atoms with Crippen LogP contribution in [0.4, 0.5) is 11.6 Å². The number of hydrogen-bond donors (Lipinski definition) is 4. The van der Waals surface area contributed by atoms with Gasteiger partial charge in [0, 0.05) is 145 Å². The number of aromatic amines is 1. The normalized spacial score (nSPS) is 14.4. The molecule has 0 radical (unpaired) electrons. The fourth-order valence-electron chi connectivity index (χ4n) is 11.4. The van der Waals surface area contributed by atoms with E-state index in [9.17, 15) is 14.4 Å². The molecule has 2 saturated heterocycles. The van der Waals surface area contributed by atoms with Crippen LogP contribution in [-0.2, 0) is 26.2 Å². The second kappa shape index (κ2) is 25.6. The lowest BCUT2D eigenvalue weighted by molar-refractivity contribution is 0.0944. The number of piperidine rings is 1. The number of amides is 2. The predicted octanol–water partition coefficient (Wildman–Crippen LogP) is 11.2. The number of benzene rings is 2. The Kier molecular flexibility index (Phi) is 18.7. The third-order valence-electron chi connectivity index (χ3n) is 16.5. The Morgan fingerprint density at radius 2 is 1.15 bits per heavy atom. The maximum absolute atomic E-state index is 13.9. The first-order chi connectivity index (χ1) is 38.2. The minimum atomic E-state index is -0.194. The van der Waals surface area contributed by atoms with E-state index in [1.165, 1.54) is 19.3 Å². The molecule has 6 aromatic heterocycles. The molecule has 17 heteroatoms. The molecule has 0 spiro atoms. The van der Waals surface area contributed by atoms with E-state index in [4.69, 9.17) is 14.7 Å². The third kappa shape index (κ3) is 11.9. The fourth-order valence-corrected chi connectivity index (χ4v) is 11.4. The number of H-pyrrole nitrogens is 1. The molecule has 10 rings (SSSR count). The molecule has 2 aliphatic heterocycles. The molecule has 2 amide bonds. The highest BCUT2D eigenvalue weighted by Gasteiger charge is 2.24. The van der Waals surface area contributed by atoms with Gasteiger partial charge in [0.05, 0.1) is 31.3 Å². The maximum Gasteiger partial charge on any atom is 0.269 e. The molecule has 8 aromatic rings. The molecule has 80 heavy (non-hydrogen) atoms. The number of nitrogens with zero attached hydrogens (tertiary/aromatic N) is 9. The summed E-state index contributed by atoms with van der Waals surface area (Å²) in [6, 6.07) is 17.4. The van der Waals surface area contributed by atoms with Gasteiger partial charge in [-0.05, 0) is 158 Å². The lowest BCUT2D eigenvalue weighted by atomic mass is 9.98. The molecule has 2 unspecified atom stereocenters. The van der Waals surface area contributed by atoms with Crippen LogP contribution in [0, 0.1) is 27.7 Å². The number of fused-ring (bicyclic) bond motifs is 2. The zero-order valence-electron chi connectivity index (χ0n) is 48.3. The molecule has 2 aromatic carbocycles. The van der Waals surface area contributed by atoms with Gasteiger partial charge in [0.25, 0.3) is 17.4 Å². The Balaban J connectivity index is 0.000000208. The third-order valence-corrected chi connectivity index (χ3v) is 16.5. The highest BCUT2D eigenvalue weighted by Crippen LogP contribution is 2.36.